The van der Waals surface area contributed by atoms with Crippen molar-refractivity contribution < 1.29 is 10.0 Å². The van der Waals surface area contributed by atoms with E-state index in [2.05, 4.69) is 10.6 Å². The average molecular weight is 316 g/mol. The van der Waals surface area contributed by atoms with E-state index in [4.69, 9.17) is 15.9 Å². The highest BCUT2D eigenvalue weighted by molar-refractivity contribution is 5.80. The van der Waals surface area contributed by atoms with E-state index in [1.54, 1.807) is 5.48 Å². The van der Waals surface area contributed by atoms with Crippen molar-refractivity contribution in [2.45, 2.75) is 57.0 Å². The summed E-state index contributed by atoms with van der Waals surface area (Å²) in [5.41, 5.74) is 9.56. The molecule has 0 bridgehead atoms. The molecule has 1 aromatic heterocycles. The summed E-state index contributed by atoms with van der Waals surface area (Å²) in [6.07, 6.45) is 7.25. The molecule has 23 heavy (non-hydrogen) atoms. The van der Waals surface area contributed by atoms with Crippen LogP contribution < -0.4 is 11.2 Å². The SMILES string of the molecule is NC(CCc1nc2ccccc2n1C1CCCCC1)C(=O)NO. The third kappa shape index (κ3) is 3.38. The predicted molar refractivity (Wildman–Crippen MR) is 88.1 cm³/mol. The van der Waals surface area contributed by atoms with Crippen LogP contribution in [0.5, 0.6) is 0 Å². The molecule has 3 rings (SSSR count). The molecule has 1 heterocycles. The van der Waals surface area contributed by atoms with Gasteiger partial charge in [-0.25, -0.2) is 10.5 Å². The van der Waals surface area contributed by atoms with Crippen molar-refractivity contribution in [3.8, 4) is 0 Å². The van der Waals surface area contributed by atoms with Crippen LogP contribution in [0.2, 0.25) is 0 Å². The molecular formula is C17H24N4O2. The summed E-state index contributed by atoms with van der Waals surface area (Å²) in [5.74, 6) is 0.435. The number of carbonyl (C=O) groups excluding carboxylic acids is 1. The Morgan fingerprint density at radius 2 is 2.09 bits per heavy atom. The summed E-state index contributed by atoms with van der Waals surface area (Å²) >= 11 is 0. The molecule has 1 aromatic carbocycles. The zero-order chi connectivity index (χ0) is 16.2. The van der Waals surface area contributed by atoms with Crippen LogP contribution >= 0.6 is 0 Å². The van der Waals surface area contributed by atoms with Crippen LogP contribution in [0.1, 0.15) is 50.4 Å². The molecule has 1 aliphatic rings. The van der Waals surface area contributed by atoms with Gasteiger partial charge in [0, 0.05) is 12.5 Å². The van der Waals surface area contributed by atoms with E-state index in [0.29, 0.717) is 18.9 Å². The smallest absolute Gasteiger partial charge is 0.260 e. The van der Waals surface area contributed by atoms with E-state index in [1.165, 1.54) is 32.1 Å². The number of amides is 1. The van der Waals surface area contributed by atoms with Crippen LogP contribution in [-0.2, 0) is 11.2 Å². The lowest BCUT2D eigenvalue weighted by atomic mass is 9.95. The molecule has 6 nitrogen and oxygen atoms in total. The fraction of sp³-hybridized carbons (Fsp3) is 0.529. The monoisotopic (exact) mass is 316 g/mol. The normalized spacial score (nSPS) is 17.3. The highest BCUT2D eigenvalue weighted by Crippen LogP contribution is 2.32. The molecule has 0 aliphatic heterocycles. The fourth-order valence-electron chi connectivity index (χ4n) is 3.52. The zero-order valence-corrected chi connectivity index (χ0v) is 13.2. The van der Waals surface area contributed by atoms with Crippen molar-refractivity contribution >= 4 is 16.9 Å². The van der Waals surface area contributed by atoms with E-state index in [-0.39, 0.29) is 0 Å². The van der Waals surface area contributed by atoms with E-state index in [0.717, 1.165) is 16.9 Å². The minimum Gasteiger partial charge on any atom is -0.325 e. The molecule has 1 fully saturated rings. The number of nitrogens with two attached hydrogens (primary N) is 1. The third-order valence-electron chi connectivity index (χ3n) is 4.73. The number of hydroxylamine groups is 1. The Bertz CT molecular complexity index is 676. The van der Waals surface area contributed by atoms with Gasteiger partial charge in [-0.05, 0) is 31.4 Å². The summed E-state index contributed by atoms with van der Waals surface area (Å²) in [6, 6.07) is 7.93. The van der Waals surface area contributed by atoms with E-state index in [9.17, 15) is 4.79 Å². The van der Waals surface area contributed by atoms with Gasteiger partial charge in [-0.2, -0.15) is 0 Å². The Kier molecular flexibility index (Phi) is 4.93. The molecule has 6 heteroatoms. The summed E-state index contributed by atoms with van der Waals surface area (Å²) in [4.78, 5) is 16.1. The van der Waals surface area contributed by atoms with Crippen LogP contribution in [0.15, 0.2) is 24.3 Å². The topological polar surface area (TPSA) is 93.2 Å². The first-order valence-electron chi connectivity index (χ1n) is 8.36. The van der Waals surface area contributed by atoms with Crippen LogP contribution in [0.3, 0.4) is 0 Å². The molecule has 0 radical (unpaired) electrons. The van der Waals surface area contributed by atoms with Crippen molar-refractivity contribution in [1.29, 1.82) is 0 Å². The molecule has 1 aliphatic carbocycles. The number of para-hydroxylation sites is 2. The number of aromatic nitrogens is 2. The number of carbonyl (C=O) groups is 1. The van der Waals surface area contributed by atoms with Crippen molar-refractivity contribution in [3.63, 3.8) is 0 Å². The molecule has 1 unspecified atom stereocenters. The van der Waals surface area contributed by atoms with E-state index < -0.39 is 11.9 Å². The Balaban J connectivity index is 1.87. The first kappa shape index (κ1) is 16.0. The second kappa shape index (κ2) is 7.10. The van der Waals surface area contributed by atoms with Crippen LogP contribution in [0, 0.1) is 0 Å². The van der Waals surface area contributed by atoms with Crippen molar-refractivity contribution in [1.82, 2.24) is 15.0 Å². The Morgan fingerprint density at radius 1 is 1.35 bits per heavy atom. The summed E-state index contributed by atoms with van der Waals surface area (Å²) in [5, 5.41) is 8.67. The lowest BCUT2D eigenvalue weighted by molar-refractivity contribution is -0.130. The third-order valence-corrected chi connectivity index (χ3v) is 4.73. The van der Waals surface area contributed by atoms with Crippen LogP contribution in [-0.4, -0.2) is 26.7 Å². The molecule has 1 saturated carbocycles. The molecular weight excluding hydrogens is 292 g/mol. The number of nitrogens with zero attached hydrogens (tertiary/aromatic N) is 2. The second-order valence-electron chi connectivity index (χ2n) is 6.30. The van der Waals surface area contributed by atoms with Gasteiger partial charge in [0.25, 0.3) is 5.91 Å². The van der Waals surface area contributed by atoms with Gasteiger partial charge in [-0.1, -0.05) is 31.4 Å². The van der Waals surface area contributed by atoms with Crippen LogP contribution in [0.25, 0.3) is 11.0 Å². The maximum atomic E-state index is 11.4. The zero-order valence-electron chi connectivity index (χ0n) is 13.2. The summed E-state index contributed by atoms with van der Waals surface area (Å²) in [6.45, 7) is 0. The van der Waals surface area contributed by atoms with E-state index >= 15 is 0 Å². The minimum atomic E-state index is -0.723. The van der Waals surface area contributed by atoms with Gasteiger partial charge in [0.05, 0.1) is 17.1 Å². The average Bonchev–Trinajstić information content (AvgIpc) is 2.98. The molecule has 4 N–H and O–H groups in total. The maximum Gasteiger partial charge on any atom is 0.260 e. The molecule has 124 valence electrons. The first-order valence-corrected chi connectivity index (χ1v) is 8.36. The van der Waals surface area contributed by atoms with Gasteiger partial charge in [-0.15, -0.1) is 0 Å². The number of nitrogens with one attached hydrogen (secondary N) is 1. The minimum absolute atomic E-state index is 0.461. The molecule has 0 spiro atoms. The highest BCUT2D eigenvalue weighted by Gasteiger charge is 2.22. The van der Waals surface area contributed by atoms with Crippen molar-refractivity contribution in [3.05, 3.63) is 30.1 Å². The lowest BCUT2D eigenvalue weighted by Crippen LogP contribution is -2.39. The standard InChI is InChI=1S/C17H24N4O2/c18-13(17(22)20-23)10-11-16-19-14-8-4-5-9-15(14)21(16)12-6-2-1-3-7-12/h4-5,8-9,12-13,23H,1-3,6-7,10-11,18H2,(H,20,22). The molecule has 0 saturated heterocycles. The van der Waals surface area contributed by atoms with Gasteiger partial charge in [0.15, 0.2) is 0 Å². The number of imidazole rings is 1. The quantitative estimate of drug-likeness (QED) is 0.583. The summed E-state index contributed by atoms with van der Waals surface area (Å²) < 4.78 is 2.35. The highest BCUT2D eigenvalue weighted by atomic mass is 16.5. The molecule has 1 atom stereocenters. The fourth-order valence-corrected chi connectivity index (χ4v) is 3.52. The van der Waals surface area contributed by atoms with E-state index in [1.807, 2.05) is 18.2 Å². The van der Waals surface area contributed by atoms with Gasteiger partial charge >= 0.3 is 0 Å². The summed E-state index contributed by atoms with van der Waals surface area (Å²) in [7, 11) is 0. The molecule has 2 aromatic rings. The van der Waals surface area contributed by atoms with Gasteiger partial charge in [0.1, 0.15) is 5.82 Å². The van der Waals surface area contributed by atoms with Crippen molar-refractivity contribution in [2.75, 3.05) is 0 Å². The van der Waals surface area contributed by atoms with Gasteiger partial charge < -0.3 is 10.3 Å². The molecule has 1 amide bonds. The second-order valence-corrected chi connectivity index (χ2v) is 6.30. The predicted octanol–water partition coefficient (Wildman–Crippen LogP) is 2.31. The number of hydrogen-bond donors (Lipinski definition) is 3. The van der Waals surface area contributed by atoms with Crippen LogP contribution in [0.4, 0.5) is 0 Å². The number of aryl methyl sites for hydroxylation is 1. The number of rotatable bonds is 5. The largest absolute Gasteiger partial charge is 0.325 e. The van der Waals surface area contributed by atoms with Gasteiger partial charge in [-0.3, -0.25) is 10.0 Å². The Hall–Kier alpha value is -1.92. The van der Waals surface area contributed by atoms with Gasteiger partial charge in [0.2, 0.25) is 0 Å². The first-order chi connectivity index (χ1) is 11.2. The number of hydrogen-bond acceptors (Lipinski definition) is 4. The lowest BCUT2D eigenvalue weighted by Gasteiger charge is -2.25. The van der Waals surface area contributed by atoms with Crippen molar-refractivity contribution in [2.24, 2.45) is 5.73 Å². The number of fused-ring (bicyclic) bond motifs is 1. The Labute approximate surface area is 135 Å². The number of benzene rings is 1. The maximum absolute atomic E-state index is 11.4. The Morgan fingerprint density at radius 3 is 2.83 bits per heavy atom.